The molecule has 49 heavy (non-hydrogen) atoms. The highest BCUT2D eigenvalue weighted by Gasteiger charge is 2.26. The van der Waals surface area contributed by atoms with Crippen molar-refractivity contribution in [3.63, 3.8) is 0 Å². The molecule has 2 aromatic heterocycles. The van der Waals surface area contributed by atoms with Crippen LogP contribution in [0, 0.1) is 23.3 Å². The first kappa shape index (κ1) is 32.9. The van der Waals surface area contributed by atoms with Gasteiger partial charge in [0.25, 0.3) is 11.5 Å². The Morgan fingerprint density at radius 3 is 2.18 bits per heavy atom. The number of hydrogen-bond donors (Lipinski definition) is 1. The van der Waals surface area contributed by atoms with Crippen molar-refractivity contribution in [2.75, 3.05) is 31.1 Å². The predicted octanol–water partition coefficient (Wildman–Crippen LogP) is 5.05. The minimum atomic E-state index is -1.16. The lowest BCUT2D eigenvalue weighted by Gasteiger charge is -2.35. The molecule has 1 fully saturated rings. The number of aromatic nitrogens is 3. The zero-order valence-corrected chi connectivity index (χ0v) is 25.9. The van der Waals surface area contributed by atoms with Gasteiger partial charge in [-0.2, -0.15) is 0 Å². The van der Waals surface area contributed by atoms with E-state index in [-0.39, 0.29) is 25.2 Å². The molecule has 1 aliphatic heterocycles. The molecule has 5 aromatic rings. The largest absolute Gasteiger partial charge is 0.507 e. The monoisotopic (exact) mass is 671 g/mol. The Hall–Kier alpha value is -5.98. The van der Waals surface area contributed by atoms with Gasteiger partial charge < -0.3 is 24.0 Å². The number of aliphatic hydroxyl groups excluding tert-OH is 1. The third-order valence-corrected chi connectivity index (χ3v) is 8.21. The molecule has 0 atom stereocenters. The van der Waals surface area contributed by atoms with Crippen molar-refractivity contribution >= 4 is 23.1 Å². The van der Waals surface area contributed by atoms with Gasteiger partial charge in [0.15, 0.2) is 0 Å². The van der Waals surface area contributed by atoms with Crippen molar-refractivity contribution in [3.05, 3.63) is 154 Å². The Balaban J connectivity index is 1.20. The first-order chi connectivity index (χ1) is 23.5. The average Bonchev–Trinajstić information content (AvgIpc) is 3.63. The molecule has 0 bridgehead atoms. The number of carbonyl (C=O) groups excluding carboxylic acids is 2. The Bertz CT molecular complexity index is 2080. The summed E-state index contributed by atoms with van der Waals surface area (Å²) in [4.78, 5) is 47.0. The molecule has 1 amide bonds. The van der Waals surface area contributed by atoms with Crippen LogP contribution >= 0.6 is 0 Å². The molecule has 0 saturated carbocycles. The van der Waals surface area contributed by atoms with Gasteiger partial charge in [0.1, 0.15) is 29.0 Å². The van der Waals surface area contributed by atoms with Gasteiger partial charge in [-0.15, -0.1) is 0 Å². The molecular weight excluding hydrogens is 642 g/mol. The first-order valence-corrected chi connectivity index (χ1v) is 15.2. The van der Waals surface area contributed by atoms with Crippen LogP contribution in [0.25, 0.3) is 11.4 Å². The topological polar surface area (TPSA) is 101 Å². The Labute approximate surface area is 277 Å². The lowest BCUT2D eigenvalue weighted by molar-refractivity contribution is -0.142. The van der Waals surface area contributed by atoms with Crippen LogP contribution in [0.5, 0.6) is 0 Å². The van der Waals surface area contributed by atoms with Gasteiger partial charge in [-0.3, -0.25) is 14.4 Å². The fourth-order valence-corrected chi connectivity index (χ4v) is 5.71. The summed E-state index contributed by atoms with van der Waals surface area (Å²) in [6.45, 7) is 1.16. The van der Waals surface area contributed by atoms with E-state index in [0.717, 1.165) is 22.0 Å². The molecule has 0 radical (unpaired) electrons. The summed E-state index contributed by atoms with van der Waals surface area (Å²) in [6, 6.07) is 15.3. The maximum atomic E-state index is 14.5. The van der Waals surface area contributed by atoms with Crippen LogP contribution in [0.1, 0.15) is 22.3 Å². The highest BCUT2D eigenvalue weighted by molar-refractivity contribution is 6.41. The van der Waals surface area contributed by atoms with Gasteiger partial charge in [0, 0.05) is 86.3 Å². The molecule has 3 heterocycles. The maximum absolute atomic E-state index is 14.5. The molecule has 1 aliphatic rings. The second kappa shape index (κ2) is 14.0. The van der Waals surface area contributed by atoms with E-state index in [9.17, 15) is 37.1 Å². The van der Waals surface area contributed by atoms with Crippen LogP contribution in [0.15, 0.2) is 103 Å². The summed E-state index contributed by atoms with van der Waals surface area (Å²) in [6.07, 6.45) is 6.66. The van der Waals surface area contributed by atoms with Crippen molar-refractivity contribution in [1.82, 2.24) is 19.0 Å². The lowest BCUT2D eigenvalue weighted by atomic mass is 10.0. The van der Waals surface area contributed by atoms with E-state index in [4.69, 9.17) is 0 Å². The smallest absolute Gasteiger partial charge is 0.294 e. The quantitative estimate of drug-likeness (QED) is 0.102. The van der Waals surface area contributed by atoms with Crippen LogP contribution < -0.4 is 10.5 Å². The van der Waals surface area contributed by atoms with Gasteiger partial charge in [-0.25, -0.2) is 22.5 Å². The molecule has 13 heteroatoms. The van der Waals surface area contributed by atoms with Gasteiger partial charge in [0.2, 0.25) is 5.78 Å². The number of imidazole rings is 1. The molecule has 250 valence electrons. The number of pyridine rings is 1. The number of benzene rings is 3. The van der Waals surface area contributed by atoms with Crippen LogP contribution in [-0.4, -0.2) is 62.0 Å². The SMILES string of the molecule is O=C(/C=C(/O)c1cc(Cc2c(F)cc(F)cc2F)cn(Cc2cccc(F)c2)c1=O)C(=O)N1CCN(c2ccc(-n3ccnc3)cc2)CC1. The second-order valence-electron chi connectivity index (χ2n) is 11.5. The molecule has 3 aromatic carbocycles. The summed E-state index contributed by atoms with van der Waals surface area (Å²) in [5, 5.41) is 11.0. The predicted molar refractivity (Wildman–Crippen MR) is 173 cm³/mol. The van der Waals surface area contributed by atoms with E-state index in [0.29, 0.717) is 36.9 Å². The summed E-state index contributed by atoms with van der Waals surface area (Å²) < 4.78 is 59.4. The van der Waals surface area contributed by atoms with Crippen LogP contribution in [0.3, 0.4) is 0 Å². The number of anilines is 1. The Morgan fingerprint density at radius 2 is 1.53 bits per heavy atom. The standard InChI is InChI=1S/C36H29F4N5O4/c37-25-3-1-2-23(14-25)20-45-21-24(15-29-31(39)17-26(38)18-32(29)40)16-30(35(45)48)33(46)19-34(47)36(49)43-12-10-42(11-13-43)27-4-6-28(7-5-27)44-9-8-41-22-44/h1-9,14,16-19,21-22,46H,10-13,15,20H2/b33-19+. The lowest BCUT2D eigenvalue weighted by Crippen LogP contribution is -2.50. The summed E-state index contributed by atoms with van der Waals surface area (Å²) in [5.41, 5.74) is 0.626. The number of nitrogens with zero attached hydrogens (tertiary/aromatic N) is 5. The third-order valence-electron chi connectivity index (χ3n) is 8.21. The maximum Gasteiger partial charge on any atom is 0.294 e. The number of aliphatic hydroxyl groups is 1. The average molecular weight is 672 g/mol. The number of halogens is 4. The number of piperazine rings is 1. The molecule has 9 nitrogen and oxygen atoms in total. The van der Waals surface area contributed by atoms with E-state index >= 15 is 0 Å². The molecule has 0 unspecified atom stereocenters. The van der Waals surface area contributed by atoms with E-state index in [1.165, 1.54) is 29.3 Å². The third kappa shape index (κ3) is 7.45. The van der Waals surface area contributed by atoms with Crippen molar-refractivity contribution < 1.29 is 32.3 Å². The van der Waals surface area contributed by atoms with Crippen molar-refractivity contribution in [2.24, 2.45) is 0 Å². The van der Waals surface area contributed by atoms with E-state index < -0.39 is 63.8 Å². The van der Waals surface area contributed by atoms with Crippen LogP contribution in [0.2, 0.25) is 0 Å². The zero-order valence-electron chi connectivity index (χ0n) is 25.9. The summed E-state index contributed by atoms with van der Waals surface area (Å²) in [7, 11) is 0. The van der Waals surface area contributed by atoms with Crippen LogP contribution in [0.4, 0.5) is 23.2 Å². The second-order valence-corrected chi connectivity index (χ2v) is 11.5. The number of hydrogen-bond acceptors (Lipinski definition) is 6. The fourth-order valence-electron chi connectivity index (χ4n) is 5.71. The van der Waals surface area contributed by atoms with Crippen molar-refractivity contribution in [1.29, 1.82) is 0 Å². The van der Waals surface area contributed by atoms with E-state index in [2.05, 4.69) is 9.88 Å². The molecule has 6 rings (SSSR count). The van der Waals surface area contributed by atoms with Gasteiger partial charge in [0.05, 0.1) is 18.4 Å². The normalized spacial score (nSPS) is 13.5. The molecule has 0 aliphatic carbocycles. The minimum Gasteiger partial charge on any atom is -0.507 e. The van der Waals surface area contributed by atoms with E-state index in [1.54, 1.807) is 18.6 Å². The summed E-state index contributed by atoms with van der Waals surface area (Å²) in [5.74, 6) is -6.78. The summed E-state index contributed by atoms with van der Waals surface area (Å²) >= 11 is 0. The number of rotatable bonds is 9. The number of ketones is 1. The minimum absolute atomic E-state index is 0.114. The van der Waals surface area contributed by atoms with Crippen molar-refractivity contribution in [3.8, 4) is 5.69 Å². The zero-order chi connectivity index (χ0) is 34.7. The Morgan fingerprint density at radius 1 is 0.837 bits per heavy atom. The van der Waals surface area contributed by atoms with Gasteiger partial charge in [-0.05, 0) is 53.6 Å². The highest BCUT2D eigenvalue weighted by Crippen LogP contribution is 2.22. The Kier molecular flexibility index (Phi) is 9.42. The molecule has 1 saturated heterocycles. The molecule has 0 spiro atoms. The van der Waals surface area contributed by atoms with Gasteiger partial charge in [-0.1, -0.05) is 12.1 Å². The first-order valence-electron chi connectivity index (χ1n) is 15.2. The van der Waals surface area contributed by atoms with Gasteiger partial charge >= 0.3 is 0 Å². The molecule has 1 N–H and O–H groups in total. The fraction of sp³-hybridized carbons (Fsp3) is 0.167. The highest BCUT2D eigenvalue weighted by atomic mass is 19.1. The van der Waals surface area contributed by atoms with Crippen LogP contribution in [-0.2, 0) is 22.6 Å². The molecular formula is C36H29F4N5O4. The number of amides is 1. The number of carbonyl (C=O) groups is 2. The van der Waals surface area contributed by atoms with E-state index in [1.807, 2.05) is 35.0 Å². The van der Waals surface area contributed by atoms with Crippen molar-refractivity contribution in [2.45, 2.75) is 13.0 Å².